The van der Waals surface area contributed by atoms with Crippen molar-refractivity contribution in [2.24, 2.45) is 5.92 Å². The Balaban J connectivity index is 1.92. The van der Waals surface area contributed by atoms with Crippen molar-refractivity contribution < 1.29 is 0 Å². The molecule has 0 radical (unpaired) electrons. The van der Waals surface area contributed by atoms with Crippen LogP contribution in [0.5, 0.6) is 0 Å². The monoisotopic (exact) mass is 261 g/mol. The molecule has 1 aromatic heterocycles. The maximum Gasteiger partial charge on any atom is 0.181 e. The molecule has 0 fully saturated rings. The highest BCUT2D eigenvalue weighted by atomic mass is 35.5. The first kappa shape index (κ1) is 11.7. The van der Waals surface area contributed by atoms with Crippen LogP contribution in [-0.2, 0) is 18.8 Å². The van der Waals surface area contributed by atoms with Gasteiger partial charge in [0.25, 0.3) is 0 Å². The van der Waals surface area contributed by atoms with Crippen molar-refractivity contribution in [3.63, 3.8) is 0 Å². The molecule has 2 heterocycles. The second-order valence-corrected chi connectivity index (χ2v) is 5.27. The van der Waals surface area contributed by atoms with Crippen molar-refractivity contribution in [1.29, 1.82) is 0 Å². The zero-order chi connectivity index (χ0) is 12.5. The first-order valence-corrected chi connectivity index (χ1v) is 6.88. The molecule has 3 nitrogen and oxygen atoms in total. The van der Waals surface area contributed by atoms with Gasteiger partial charge in [0.2, 0.25) is 0 Å². The predicted molar refractivity (Wildman–Crippen MR) is 72.5 cm³/mol. The third-order valence-electron chi connectivity index (χ3n) is 3.48. The lowest BCUT2D eigenvalue weighted by molar-refractivity contribution is 0.386. The molecule has 1 aliphatic rings. The van der Waals surface area contributed by atoms with Crippen LogP contribution in [0.1, 0.15) is 24.7 Å². The Labute approximate surface area is 112 Å². The van der Waals surface area contributed by atoms with E-state index in [1.807, 2.05) is 28.9 Å². The molecule has 94 valence electrons. The van der Waals surface area contributed by atoms with Crippen LogP contribution < -0.4 is 0 Å². The van der Waals surface area contributed by atoms with E-state index in [1.54, 1.807) is 0 Å². The smallest absolute Gasteiger partial charge is 0.181 e. The topological polar surface area (TPSA) is 30.7 Å². The van der Waals surface area contributed by atoms with Crippen LogP contribution in [0.4, 0.5) is 0 Å². The van der Waals surface area contributed by atoms with Gasteiger partial charge in [0.15, 0.2) is 5.82 Å². The van der Waals surface area contributed by atoms with Crippen LogP contribution in [0.2, 0.25) is 0 Å². The average Bonchev–Trinajstić information content (AvgIpc) is 2.81. The number of benzene rings is 1. The third kappa shape index (κ3) is 2.15. The Morgan fingerprint density at radius 1 is 1.33 bits per heavy atom. The molecule has 0 unspecified atom stereocenters. The zero-order valence-electron chi connectivity index (χ0n) is 10.4. The van der Waals surface area contributed by atoms with Crippen molar-refractivity contribution in [1.82, 2.24) is 14.8 Å². The molecule has 2 aromatic rings. The second-order valence-electron chi connectivity index (χ2n) is 5.00. The summed E-state index contributed by atoms with van der Waals surface area (Å²) < 4.78 is 2.05. The molecule has 0 saturated carbocycles. The predicted octanol–water partition coefficient (Wildman–Crippen LogP) is 3.27. The highest BCUT2D eigenvalue weighted by Gasteiger charge is 2.19. The SMILES string of the molecule is C[C@@H]1CCn2nc(-c3ccc(CCl)cc3)nc2C1. The molecule has 4 heteroatoms. The highest BCUT2D eigenvalue weighted by Crippen LogP contribution is 2.22. The molecule has 0 N–H and O–H groups in total. The zero-order valence-corrected chi connectivity index (χ0v) is 11.2. The van der Waals surface area contributed by atoms with Crippen molar-refractivity contribution in [2.75, 3.05) is 0 Å². The molecule has 1 atom stereocenters. The largest absolute Gasteiger partial charge is 0.249 e. The van der Waals surface area contributed by atoms with Gasteiger partial charge in [0.1, 0.15) is 5.82 Å². The van der Waals surface area contributed by atoms with E-state index in [4.69, 9.17) is 11.6 Å². The van der Waals surface area contributed by atoms with E-state index in [2.05, 4.69) is 17.0 Å². The Morgan fingerprint density at radius 3 is 2.83 bits per heavy atom. The van der Waals surface area contributed by atoms with Crippen molar-refractivity contribution in [2.45, 2.75) is 32.2 Å². The van der Waals surface area contributed by atoms with Gasteiger partial charge < -0.3 is 0 Å². The van der Waals surface area contributed by atoms with E-state index in [0.29, 0.717) is 11.8 Å². The number of hydrogen-bond donors (Lipinski definition) is 0. The Morgan fingerprint density at radius 2 is 2.11 bits per heavy atom. The van der Waals surface area contributed by atoms with Gasteiger partial charge >= 0.3 is 0 Å². The van der Waals surface area contributed by atoms with E-state index < -0.39 is 0 Å². The van der Waals surface area contributed by atoms with E-state index in [-0.39, 0.29) is 0 Å². The number of nitrogens with zero attached hydrogens (tertiary/aromatic N) is 3. The maximum atomic E-state index is 5.79. The molecule has 0 spiro atoms. The molecule has 0 bridgehead atoms. The van der Waals surface area contributed by atoms with Crippen LogP contribution >= 0.6 is 11.6 Å². The summed E-state index contributed by atoms with van der Waals surface area (Å²) in [5.41, 5.74) is 2.19. The number of rotatable bonds is 2. The van der Waals surface area contributed by atoms with Gasteiger partial charge in [0, 0.05) is 24.4 Å². The van der Waals surface area contributed by atoms with Gasteiger partial charge in [-0.1, -0.05) is 31.2 Å². The molecule has 0 saturated heterocycles. The molecule has 1 aliphatic heterocycles. The summed E-state index contributed by atoms with van der Waals surface area (Å²) in [4.78, 5) is 4.65. The Kier molecular flexibility index (Phi) is 3.08. The van der Waals surface area contributed by atoms with Gasteiger partial charge in [-0.05, 0) is 17.9 Å². The number of aromatic nitrogens is 3. The number of fused-ring (bicyclic) bond motifs is 1. The fourth-order valence-electron chi connectivity index (χ4n) is 2.33. The molecular weight excluding hydrogens is 246 g/mol. The average molecular weight is 262 g/mol. The van der Waals surface area contributed by atoms with Crippen molar-refractivity contribution >= 4 is 11.6 Å². The van der Waals surface area contributed by atoms with Gasteiger partial charge in [-0.25, -0.2) is 9.67 Å². The summed E-state index contributed by atoms with van der Waals surface area (Å²) >= 11 is 5.79. The summed E-state index contributed by atoms with van der Waals surface area (Å²) in [5, 5.41) is 4.58. The molecule has 3 rings (SSSR count). The van der Waals surface area contributed by atoms with E-state index in [9.17, 15) is 0 Å². The highest BCUT2D eigenvalue weighted by molar-refractivity contribution is 6.17. The quantitative estimate of drug-likeness (QED) is 0.777. The minimum absolute atomic E-state index is 0.547. The van der Waals surface area contributed by atoms with Crippen molar-refractivity contribution in [3.8, 4) is 11.4 Å². The lowest BCUT2D eigenvalue weighted by Gasteiger charge is -2.17. The van der Waals surface area contributed by atoms with E-state index >= 15 is 0 Å². The van der Waals surface area contributed by atoms with Crippen LogP contribution in [0.25, 0.3) is 11.4 Å². The minimum Gasteiger partial charge on any atom is -0.249 e. The number of hydrogen-bond acceptors (Lipinski definition) is 2. The first-order valence-electron chi connectivity index (χ1n) is 6.35. The van der Waals surface area contributed by atoms with E-state index in [1.165, 1.54) is 6.42 Å². The summed E-state index contributed by atoms with van der Waals surface area (Å²) in [6, 6.07) is 8.15. The first-order chi connectivity index (χ1) is 8.76. The number of alkyl halides is 1. The Hall–Kier alpha value is -1.35. The van der Waals surface area contributed by atoms with Crippen LogP contribution in [-0.4, -0.2) is 14.8 Å². The summed E-state index contributed by atoms with van der Waals surface area (Å²) in [6.07, 6.45) is 2.23. The Bertz CT molecular complexity index is 545. The van der Waals surface area contributed by atoms with Crippen LogP contribution in [0, 0.1) is 5.92 Å². The molecule has 0 amide bonds. The lowest BCUT2D eigenvalue weighted by Crippen LogP contribution is -2.18. The van der Waals surface area contributed by atoms with Crippen molar-refractivity contribution in [3.05, 3.63) is 35.7 Å². The molecule has 0 aliphatic carbocycles. The lowest BCUT2D eigenvalue weighted by atomic mass is 10.0. The van der Waals surface area contributed by atoms with Gasteiger partial charge in [-0.3, -0.25) is 0 Å². The normalized spacial score (nSPS) is 18.7. The standard InChI is InChI=1S/C14H16ClN3/c1-10-6-7-18-13(8-10)16-14(17-18)12-4-2-11(9-15)3-5-12/h2-5,10H,6-9H2,1H3/t10-/m1/s1. The summed E-state index contributed by atoms with van der Waals surface area (Å²) in [5.74, 6) is 3.21. The van der Waals surface area contributed by atoms with Gasteiger partial charge in [0.05, 0.1) is 0 Å². The van der Waals surface area contributed by atoms with Gasteiger partial charge in [-0.15, -0.1) is 11.6 Å². The number of aryl methyl sites for hydroxylation is 1. The number of halogens is 1. The molecule has 1 aromatic carbocycles. The van der Waals surface area contributed by atoms with Gasteiger partial charge in [-0.2, -0.15) is 5.10 Å². The molecule has 18 heavy (non-hydrogen) atoms. The third-order valence-corrected chi connectivity index (χ3v) is 3.79. The van der Waals surface area contributed by atoms with Crippen LogP contribution in [0.3, 0.4) is 0 Å². The maximum absolute atomic E-state index is 5.79. The minimum atomic E-state index is 0.547. The van der Waals surface area contributed by atoms with E-state index in [0.717, 1.165) is 35.7 Å². The fourth-order valence-corrected chi connectivity index (χ4v) is 2.50. The summed E-state index contributed by atoms with van der Waals surface area (Å²) in [7, 11) is 0. The summed E-state index contributed by atoms with van der Waals surface area (Å²) in [6.45, 7) is 3.26. The molecular formula is C14H16ClN3. The van der Waals surface area contributed by atoms with Crippen LogP contribution in [0.15, 0.2) is 24.3 Å². The fraction of sp³-hybridized carbons (Fsp3) is 0.429. The second kappa shape index (κ2) is 4.73.